The summed E-state index contributed by atoms with van der Waals surface area (Å²) in [5.41, 5.74) is 0.592. The van der Waals surface area contributed by atoms with E-state index in [-0.39, 0.29) is 12.3 Å². The minimum atomic E-state index is -0.768. The maximum Gasteiger partial charge on any atom is 0.303 e. The Hall–Kier alpha value is -2.04. The summed E-state index contributed by atoms with van der Waals surface area (Å²) in [4.78, 5) is 22.5. The summed E-state index contributed by atoms with van der Waals surface area (Å²) in [6, 6.07) is 6.93. The number of hydrogen-bond donors (Lipinski definition) is 2. The van der Waals surface area contributed by atoms with Gasteiger partial charge < -0.3 is 15.2 Å². The van der Waals surface area contributed by atoms with Gasteiger partial charge >= 0.3 is 5.97 Å². The molecule has 21 heavy (non-hydrogen) atoms. The van der Waals surface area contributed by atoms with E-state index >= 15 is 0 Å². The third kappa shape index (κ3) is 6.29. The maximum absolute atomic E-state index is 11.9. The fourth-order valence-electron chi connectivity index (χ4n) is 2.11. The SMILES string of the molecule is CCC(CCNC(=O)c1ccc(OC)cc1)CCC(=O)O. The zero-order chi connectivity index (χ0) is 15.7. The van der Waals surface area contributed by atoms with Crippen molar-refractivity contribution in [3.63, 3.8) is 0 Å². The molecule has 5 nitrogen and oxygen atoms in total. The van der Waals surface area contributed by atoms with Gasteiger partial charge in [0.05, 0.1) is 7.11 Å². The summed E-state index contributed by atoms with van der Waals surface area (Å²) in [7, 11) is 1.58. The quantitative estimate of drug-likeness (QED) is 0.734. The summed E-state index contributed by atoms with van der Waals surface area (Å²) in [6.45, 7) is 2.60. The highest BCUT2D eigenvalue weighted by Gasteiger charge is 2.10. The number of aliphatic carboxylic acids is 1. The van der Waals surface area contributed by atoms with Crippen molar-refractivity contribution in [2.75, 3.05) is 13.7 Å². The van der Waals surface area contributed by atoms with E-state index in [0.717, 1.165) is 12.8 Å². The first-order valence-corrected chi connectivity index (χ1v) is 7.20. The molecule has 1 amide bonds. The summed E-state index contributed by atoms with van der Waals surface area (Å²) < 4.78 is 5.04. The van der Waals surface area contributed by atoms with Gasteiger partial charge in [0.25, 0.3) is 5.91 Å². The number of carbonyl (C=O) groups is 2. The number of nitrogens with one attached hydrogen (secondary N) is 1. The van der Waals surface area contributed by atoms with Crippen molar-refractivity contribution in [1.82, 2.24) is 5.32 Å². The Kier molecular flexibility index (Phi) is 7.29. The molecule has 1 aromatic rings. The van der Waals surface area contributed by atoms with E-state index in [0.29, 0.717) is 30.2 Å². The molecule has 1 atom stereocenters. The van der Waals surface area contributed by atoms with Crippen LogP contribution in [0.2, 0.25) is 0 Å². The van der Waals surface area contributed by atoms with Crippen LogP contribution < -0.4 is 10.1 Å². The minimum absolute atomic E-state index is 0.120. The number of carbonyl (C=O) groups excluding carboxylic acids is 1. The molecular formula is C16H23NO4. The lowest BCUT2D eigenvalue weighted by Crippen LogP contribution is -2.26. The lowest BCUT2D eigenvalue weighted by Gasteiger charge is -2.14. The smallest absolute Gasteiger partial charge is 0.303 e. The lowest BCUT2D eigenvalue weighted by molar-refractivity contribution is -0.137. The number of ether oxygens (including phenoxy) is 1. The third-order valence-electron chi connectivity index (χ3n) is 3.53. The van der Waals surface area contributed by atoms with Crippen molar-refractivity contribution >= 4 is 11.9 Å². The summed E-state index contributed by atoms with van der Waals surface area (Å²) >= 11 is 0. The Morgan fingerprint density at radius 2 is 1.90 bits per heavy atom. The van der Waals surface area contributed by atoms with Gasteiger partial charge in [-0.2, -0.15) is 0 Å². The van der Waals surface area contributed by atoms with Gasteiger partial charge in [0, 0.05) is 18.5 Å². The Morgan fingerprint density at radius 3 is 2.43 bits per heavy atom. The highest BCUT2D eigenvalue weighted by atomic mass is 16.5. The van der Waals surface area contributed by atoms with Crippen LogP contribution in [0, 0.1) is 5.92 Å². The second-order valence-corrected chi connectivity index (χ2v) is 4.98. The van der Waals surface area contributed by atoms with Crippen LogP contribution in [0.15, 0.2) is 24.3 Å². The van der Waals surface area contributed by atoms with Gasteiger partial charge in [0.15, 0.2) is 0 Å². The first-order chi connectivity index (χ1) is 10.1. The van der Waals surface area contributed by atoms with E-state index in [1.165, 1.54) is 0 Å². The molecule has 1 unspecified atom stereocenters. The van der Waals surface area contributed by atoms with Gasteiger partial charge in [-0.3, -0.25) is 9.59 Å². The fourth-order valence-corrected chi connectivity index (χ4v) is 2.11. The van der Waals surface area contributed by atoms with Crippen LogP contribution in [0.3, 0.4) is 0 Å². The molecule has 0 fully saturated rings. The number of methoxy groups -OCH3 is 1. The molecule has 0 aliphatic heterocycles. The van der Waals surface area contributed by atoms with Crippen molar-refractivity contribution in [2.24, 2.45) is 5.92 Å². The molecule has 0 spiro atoms. The molecule has 0 aliphatic carbocycles. The molecule has 5 heteroatoms. The Balaban J connectivity index is 2.35. The van der Waals surface area contributed by atoms with Gasteiger partial charge in [0.2, 0.25) is 0 Å². The monoisotopic (exact) mass is 293 g/mol. The van der Waals surface area contributed by atoms with E-state index in [9.17, 15) is 9.59 Å². The van der Waals surface area contributed by atoms with Crippen LogP contribution in [0.5, 0.6) is 5.75 Å². The molecule has 0 aliphatic rings. The standard InChI is InChI=1S/C16H23NO4/c1-3-12(4-9-15(18)19)10-11-17-16(20)13-5-7-14(21-2)8-6-13/h5-8,12H,3-4,9-11H2,1-2H3,(H,17,20)(H,18,19). The second-order valence-electron chi connectivity index (χ2n) is 4.98. The Morgan fingerprint density at radius 1 is 1.24 bits per heavy atom. The average molecular weight is 293 g/mol. The van der Waals surface area contributed by atoms with Crippen LogP contribution in [-0.4, -0.2) is 30.6 Å². The molecule has 0 aromatic heterocycles. The van der Waals surface area contributed by atoms with E-state index < -0.39 is 5.97 Å². The van der Waals surface area contributed by atoms with Crippen LogP contribution in [0.4, 0.5) is 0 Å². The number of hydrogen-bond acceptors (Lipinski definition) is 3. The molecule has 2 N–H and O–H groups in total. The number of carboxylic acids is 1. The van der Waals surface area contributed by atoms with E-state index in [2.05, 4.69) is 5.32 Å². The van der Waals surface area contributed by atoms with E-state index in [1.807, 2.05) is 6.92 Å². The van der Waals surface area contributed by atoms with Crippen molar-refractivity contribution in [3.05, 3.63) is 29.8 Å². The predicted molar refractivity (Wildman–Crippen MR) is 80.6 cm³/mol. The number of benzene rings is 1. The van der Waals surface area contributed by atoms with Gasteiger partial charge in [-0.25, -0.2) is 0 Å². The average Bonchev–Trinajstić information content (AvgIpc) is 2.50. The minimum Gasteiger partial charge on any atom is -0.497 e. The number of amides is 1. The van der Waals surface area contributed by atoms with E-state index in [4.69, 9.17) is 9.84 Å². The fraction of sp³-hybridized carbons (Fsp3) is 0.500. The number of carboxylic acid groups (broad SMARTS) is 1. The molecule has 0 radical (unpaired) electrons. The molecule has 1 aromatic carbocycles. The van der Waals surface area contributed by atoms with Crippen LogP contribution >= 0.6 is 0 Å². The van der Waals surface area contributed by atoms with Crippen molar-refractivity contribution in [3.8, 4) is 5.75 Å². The van der Waals surface area contributed by atoms with Gasteiger partial charge in [-0.15, -0.1) is 0 Å². The Labute approximate surface area is 125 Å². The van der Waals surface area contributed by atoms with Crippen molar-refractivity contribution in [2.45, 2.75) is 32.6 Å². The lowest BCUT2D eigenvalue weighted by atomic mass is 9.96. The van der Waals surface area contributed by atoms with Crippen LogP contribution in [0.25, 0.3) is 0 Å². The predicted octanol–water partition coefficient (Wildman–Crippen LogP) is 2.71. The molecule has 1 rings (SSSR count). The zero-order valence-electron chi connectivity index (χ0n) is 12.6. The van der Waals surface area contributed by atoms with Crippen molar-refractivity contribution in [1.29, 1.82) is 0 Å². The first kappa shape index (κ1) is 17.0. The number of rotatable bonds is 9. The van der Waals surface area contributed by atoms with Crippen molar-refractivity contribution < 1.29 is 19.4 Å². The molecular weight excluding hydrogens is 270 g/mol. The topological polar surface area (TPSA) is 75.6 Å². The highest BCUT2D eigenvalue weighted by molar-refractivity contribution is 5.94. The van der Waals surface area contributed by atoms with Gasteiger partial charge in [0.1, 0.15) is 5.75 Å². The van der Waals surface area contributed by atoms with Crippen LogP contribution in [-0.2, 0) is 4.79 Å². The summed E-state index contributed by atoms with van der Waals surface area (Å²) in [6.07, 6.45) is 2.56. The third-order valence-corrected chi connectivity index (χ3v) is 3.53. The molecule has 0 heterocycles. The van der Waals surface area contributed by atoms with Gasteiger partial charge in [-0.1, -0.05) is 13.3 Å². The van der Waals surface area contributed by atoms with Crippen LogP contribution in [0.1, 0.15) is 43.0 Å². The summed E-state index contributed by atoms with van der Waals surface area (Å²) in [5.74, 6) is 0.157. The molecule has 116 valence electrons. The first-order valence-electron chi connectivity index (χ1n) is 7.20. The maximum atomic E-state index is 11.9. The molecule has 0 saturated carbocycles. The second kappa shape index (κ2) is 9.00. The Bertz CT molecular complexity index is 456. The summed E-state index contributed by atoms with van der Waals surface area (Å²) in [5, 5.41) is 11.5. The zero-order valence-corrected chi connectivity index (χ0v) is 12.6. The molecule has 0 bridgehead atoms. The largest absolute Gasteiger partial charge is 0.497 e. The normalized spacial score (nSPS) is 11.7. The van der Waals surface area contributed by atoms with Gasteiger partial charge in [-0.05, 0) is 43.0 Å². The molecule has 0 saturated heterocycles. The van der Waals surface area contributed by atoms with E-state index in [1.54, 1.807) is 31.4 Å². The highest BCUT2D eigenvalue weighted by Crippen LogP contribution is 2.15.